The minimum atomic E-state index is 0.807. The van der Waals surface area contributed by atoms with Gasteiger partial charge in [0.05, 0.1) is 0 Å². The normalized spacial score (nSPS) is 16.2. The van der Waals surface area contributed by atoms with Gasteiger partial charge in [0, 0.05) is 29.3 Å². The van der Waals surface area contributed by atoms with Crippen molar-refractivity contribution in [1.29, 1.82) is 0 Å². The van der Waals surface area contributed by atoms with Gasteiger partial charge in [-0.3, -0.25) is 0 Å². The van der Waals surface area contributed by atoms with Crippen molar-refractivity contribution in [3.63, 3.8) is 0 Å². The number of rotatable bonds is 9. The number of aromatic nitrogens is 1. The van der Waals surface area contributed by atoms with Gasteiger partial charge < -0.3 is 14.8 Å². The summed E-state index contributed by atoms with van der Waals surface area (Å²) in [4.78, 5) is 2.46. The Morgan fingerprint density at radius 2 is 1.93 bits per heavy atom. The second-order valence-electron chi connectivity index (χ2n) is 8.27. The monoisotopic (exact) mass is 379 g/mol. The van der Waals surface area contributed by atoms with Gasteiger partial charge in [0.15, 0.2) is 0 Å². The number of aryl methyl sites for hydroxylation is 1. The Kier molecular flexibility index (Phi) is 7.01. The Morgan fingerprint density at radius 3 is 2.61 bits per heavy atom. The maximum absolute atomic E-state index is 4.24. The largest absolute Gasteiger partial charge is 0.385 e. The molecular weight excluding hydrogens is 342 g/mol. The summed E-state index contributed by atoms with van der Waals surface area (Å²) in [5.74, 6) is 0.807. The minimum absolute atomic E-state index is 0.807. The third-order valence-electron chi connectivity index (χ3n) is 6.18. The number of benzene rings is 1. The van der Waals surface area contributed by atoms with Crippen LogP contribution >= 0.6 is 0 Å². The van der Waals surface area contributed by atoms with Crippen molar-refractivity contribution in [2.45, 2.75) is 53.4 Å². The first kappa shape index (κ1) is 20.7. The molecule has 0 bridgehead atoms. The van der Waals surface area contributed by atoms with E-state index in [0.717, 1.165) is 44.2 Å². The molecule has 0 saturated heterocycles. The van der Waals surface area contributed by atoms with Crippen LogP contribution in [0.2, 0.25) is 0 Å². The van der Waals surface area contributed by atoms with Crippen molar-refractivity contribution in [1.82, 2.24) is 14.8 Å². The molecule has 0 fully saturated rings. The molecule has 0 saturated carbocycles. The Morgan fingerprint density at radius 1 is 1.21 bits per heavy atom. The van der Waals surface area contributed by atoms with Crippen LogP contribution in [-0.4, -0.2) is 35.6 Å². The number of fused-ring (bicyclic) bond motifs is 1. The fraction of sp³-hybridized carbons (Fsp3) is 0.520. The summed E-state index contributed by atoms with van der Waals surface area (Å²) >= 11 is 0. The lowest BCUT2D eigenvalue weighted by Gasteiger charge is -2.21. The quantitative estimate of drug-likeness (QED) is 0.604. The van der Waals surface area contributed by atoms with Crippen LogP contribution < -0.4 is 5.32 Å². The predicted octanol–water partition coefficient (Wildman–Crippen LogP) is 5.20. The van der Waals surface area contributed by atoms with Gasteiger partial charge in [0.2, 0.25) is 0 Å². The van der Waals surface area contributed by atoms with Crippen molar-refractivity contribution in [2.24, 2.45) is 5.92 Å². The van der Waals surface area contributed by atoms with Crippen LogP contribution in [0.4, 0.5) is 0 Å². The highest BCUT2D eigenvalue weighted by Gasteiger charge is 2.21. The van der Waals surface area contributed by atoms with Gasteiger partial charge in [0.25, 0.3) is 0 Å². The van der Waals surface area contributed by atoms with E-state index in [2.05, 4.69) is 79.4 Å². The van der Waals surface area contributed by atoms with Gasteiger partial charge >= 0.3 is 0 Å². The standard InChI is InChI=1S/C25H37N3/c1-6-27(7-2)16-8-15-26-21(5)22-10-12-24(13-11-22)28-20(4)18-23-17-19(3)9-14-25(23)28/h10-13,18-19,26H,5-9,14-17H2,1-4H3. The van der Waals surface area contributed by atoms with Crippen LogP contribution in [0.3, 0.4) is 0 Å². The first-order chi connectivity index (χ1) is 13.5. The molecule has 3 rings (SSSR count). The average molecular weight is 380 g/mol. The first-order valence-electron chi connectivity index (χ1n) is 11.0. The molecule has 28 heavy (non-hydrogen) atoms. The SMILES string of the molecule is C=C(NCCCN(CC)CC)c1ccc(-n2c(C)cc3c2CCC(C)C3)cc1. The van der Waals surface area contributed by atoms with Gasteiger partial charge in [-0.2, -0.15) is 0 Å². The predicted molar refractivity (Wildman–Crippen MR) is 121 cm³/mol. The van der Waals surface area contributed by atoms with Crippen LogP contribution in [0.15, 0.2) is 36.9 Å². The van der Waals surface area contributed by atoms with Crippen molar-refractivity contribution in [2.75, 3.05) is 26.2 Å². The highest BCUT2D eigenvalue weighted by atomic mass is 15.1. The molecule has 1 N–H and O–H groups in total. The Hall–Kier alpha value is -2.00. The molecule has 3 nitrogen and oxygen atoms in total. The Bertz CT molecular complexity index is 781. The molecule has 0 spiro atoms. The van der Waals surface area contributed by atoms with Gasteiger partial charge in [-0.05, 0) is 87.5 Å². The van der Waals surface area contributed by atoms with Crippen LogP contribution in [0, 0.1) is 12.8 Å². The smallest absolute Gasteiger partial charge is 0.0455 e. The molecule has 152 valence electrons. The van der Waals surface area contributed by atoms with Crippen LogP contribution in [0.1, 0.15) is 56.1 Å². The zero-order chi connectivity index (χ0) is 20.1. The summed E-state index contributed by atoms with van der Waals surface area (Å²) in [7, 11) is 0. The van der Waals surface area contributed by atoms with E-state index in [4.69, 9.17) is 0 Å². The summed E-state index contributed by atoms with van der Waals surface area (Å²) in [5, 5.41) is 3.49. The van der Waals surface area contributed by atoms with Crippen molar-refractivity contribution >= 4 is 5.70 Å². The fourth-order valence-corrected chi connectivity index (χ4v) is 4.42. The molecule has 1 aliphatic carbocycles. The maximum Gasteiger partial charge on any atom is 0.0455 e. The minimum Gasteiger partial charge on any atom is -0.385 e. The Balaban J connectivity index is 1.62. The molecule has 0 amide bonds. The third-order valence-corrected chi connectivity index (χ3v) is 6.18. The van der Waals surface area contributed by atoms with Crippen molar-refractivity contribution < 1.29 is 0 Å². The second-order valence-corrected chi connectivity index (χ2v) is 8.27. The Labute approximate surface area is 171 Å². The van der Waals surface area contributed by atoms with Crippen LogP contribution in [-0.2, 0) is 12.8 Å². The number of hydrogen-bond donors (Lipinski definition) is 1. The van der Waals surface area contributed by atoms with Gasteiger partial charge in [-0.15, -0.1) is 0 Å². The number of nitrogens with zero attached hydrogens (tertiary/aromatic N) is 2. The van der Waals surface area contributed by atoms with E-state index in [0.29, 0.717) is 0 Å². The summed E-state index contributed by atoms with van der Waals surface area (Å²) in [6.45, 7) is 17.6. The second kappa shape index (κ2) is 9.47. The van der Waals surface area contributed by atoms with E-state index in [1.165, 1.54) is 41.9 Å². The summed E-state index contributed by atoms with van der Waals surface area (Å²) in [6.07, 6.45) is 4.84. The van der Waals surface area contributed by atoms with E-state index in [-0.39, 0.29) is 0 Å². The lowest BCUT2D eigenvalue weighted by Crippen LogP contribution is -2.26. The third kappa shape index (κ3) is 4.70. The number of hydrogen-bond acceptors (Lipinski definition) is 2. The van der Waals surface area contributed by atoms with Gasteiger partial charge in [-0.25, -0.2) is 0 Å². The van der Waals surface area contributed by atoms with E-state index in [1.807, 2.05) is 0 Å². The summed E-state index contributed by atoms with van der Waals surface area (Å²) in [6, 6.07) is 11.3. The molecule has 1 aromatic carbocycles. The molecule has 0 aliphatic heterocycles. The molecule has 1 heterocycles. The molecule has 1 aliphatic rings. The highest BCUT2D eigenvalue weighted by molar-refractivity contribution is 5.63. The topological polar surface area (TPSA) is 20.2 Å². The molecule has 1 unspecified atom stereocenters. The van der Waals surface area contributed by atoms with Gasteiger partial charge in [0.1, 0.15) is 0 Å². The van der Waals surface area contributed by atoms with E-state index < -0.39 is 0 Å². The van der Waals surface area contributed by atoms with E-state index in [9.17, 15) is 0 Å². The summed E-state index contributed by atoms with van der Waals surface area (Å²) < 4.78 is 2.45. The van der Waals surface area contributed by atoms with E-state index >= 15 is 0 Å². The molecular formula is C25H37N3. The zero-order valence-corrected chi connectivity index (χ0v) is 18.2. The molecule has 2 aromatic rings. The van der Waals surface area contributed by atoms with Crippen molar-refractivity contribution in [3.8, 4) is 5.69 Å². The molecule has 1 aromatic heterocycles. The zero-order valence-electron chi connectivity index (χ0n) is 18.2. The van der Waals surface area contributed by atoms with Crippen LogP contribution in [0.5, 0.6) is 0 Å². The molecule has 0 radical (unpaired) electrons. The average Bonchev–Trinajstić information content (AvgIpc) is 3.02. The lowest BCUT2D eigenvalue weighted by molar-refractivity contribution is 0.300. The number of nitrogens with one attached hydrogen (secondary N) is 1. The first-order valence-corrected chi connectivity index (χ1v) is 11.0. The highest BCUT2D eigenvalue weighted by Crippen LogP contribution is 2.30. The fourth-order valence-electron chi connectivity index (χ4n) is 4.42. The van der Waals surface area contributed by atoms with Crippen LogP contribution in [0.25, 0.3) is 11.4 Å². The lowest BCUT2D eigenvalue weighted by atomic mass is 9.89. The maximum atomic E-state index is 4.24. The summed E-state index contributed by atoms with van der Waals surface area (Å²) in [5.41, 5.74) is 7.87. The van der Waals surface area contributed by atoms with Crippen molar-refractivity contribution in [3.05, 3.63) is 59.4 Å². The van der Waals surface area contributed by atoms with Gasteiger partial charge in [-0.1, -0.05) is 39.5 Å². The van der Waals surface area contributed by atoms with E-state index in [1.54, 1.807) is 5.56 Å². The molecule has 3 heteroatoms. The molecule has 1 atom stereocenters.